The van der Waals surface area contributed by atoms with Gasteiger partial charge in [-0.15, -0.1) is 11.8 Å². The zero-order chi connectivity index (χ0) is 18.7. The summed E-state index contributed by atoms with van der Waals surface area (Å²) in [6, 6.07) is 13.4. The molecule has 6 heteroatoms. The first kappa shape index (κ1) is 18.5. The molecule has 0 aliphatic carbocycles. The predicted octanol–water partition coefficient (Wildman–Crippen LogP) is 5.80. The smallest absolute Gasteiger partial charge is 0.256 e. The molecule has 3 rings (SSSR count). The van der Waals surface area contributed by atoms with Crippen LogP contribution in [0.5, 0.6) is 0 Å². The molecule has 1 heterocycles. The minimum absolute atomic E-state index is 0.207. The van der Waals surface area contributed by atoms with Gasteiger partial charge in [0, 0.05) is 27.3 Å². The van der Waals surface area contributed by atoms with Gasteiger partial charge >= 0.3 is 0 Å². The maximum atomic E-state index is 12.2. The summed E-state index contributed by atoms with van der Waals surface area (Å²) in [6.45, 7) is 5.85. The molecular weight excluding hydrogens is 368 g/mol. The quantitative estimate of drug-likeness (QED) is 0.563. The van der Waals surface area contributed by atoms with E-state index in [1.54, 1.807) is 24.8 Å². The first-order valence-electron chi connectivity index (χ1n) is 8.15. The Labute approximate surface area is 161 Å². The van der Waals surface area contributed by atoms with Gasteiger partial charge < -0.3 is 9.84 Å². The van der Waals surface area contributed by atoms with Gasteiger partial charge in [0.15, 0.2) is 5.82 Å². The van der Waals surface area contributed by atoms with Crippen LogP contribution in [0.3, 0.4) is 0 Å². The van der Waals surface area contributed by atoms with Gasteiger partial charge in [-0.2, -0.15) is 0 Å². The molecule has 0 saturated heterocycles. The number of benzene rings is 2. The number of rotatable bonds is 5. The molecule has 0 bridgehead atoms. The fourth-order valence-electron chi connectivity index (χ4n) is 2.44. The van der Waals surface area contributed by atoms with E-state index in [-0.39, 0.29) is 5.91 Å². The minimum Gasteiger partial charge on any atom is -0.360 e. The highest BCUT2D eigenvalue weighted by Gasteiger charge is 2.09. The molecule has 0 aliphatic rings. The number of aromatic nitrogens is 1. The Bertz CT molecular complexity index is 935. The maximum Gasteiger partial charge on any atom is 0.256 e. The lowest BCUT2D eigenvalue weighted by Crippen LogP contribution is -2.11. The lowest BCUT2D eigenvalue weighted by molar-refractivity contribution is 0.102. The van der Waals surface area contributed by atoms with Crippen LogP contribution in [-0.2, 0) is 5.75 Å². The molecule has 4 nitrogen and oxygen atoms in total. The standard InChI is InChI=1S/C20H19ClN2O2S/c1-12-9-18(13(2)8-17(12)21)26-11-15-4-6-16(7-5-15)20(24)22-19-10-14(3)25-23-19/h4-10H,11H2,1-3H3,(H,22,23,24). The number of nitrogens with one attached hydrogen (secondary N) is 1. The number of hydrogen-bond acceptors (Lipinski definition) is 4. The van der Waals surface area contributed by atoms with Crippen LogP contribution in [0.2, 0.25) is 5.02 Å². The topological polar surface area (TPSA) is 55.1 Å². The number of halogens is 1. The van der Waals surface area contributed by atoms with Crippen molar-refractivity contribution in [3.63, 3.8) is 0 Å². The second-order valence-corrected chi connectivity index (χ2v) is 7.55. The maximum absolute atomic E-state index is 12.2. The van der Waals surface area contributed by atoms with E-state index in [0.717, 1.165) is 21.9 Å². The van der Waals surface area contributed by atoms with Crippen LogP contribution in [0.4, 0.5) is 5.82 Å². The van der Waals surface area contributed by atoms with E-state index in [1.165, 1.54) is 10.5 Å². The normalized spacial score (nSPS) is 10.8. The van der Waals surface area contributed by atoms with E-state index in [9.17, 15) is 4.79 Å². The van der Waals surface area contributed by atoms with Crippen LogP contribution in [0.15, 0.2) is 51.9 Å². The zero-order valence-electron chi connectivity index (χ0n) is 14.8. The monoisotopic (exact) mass is 386 g/mol. The average molecular weight is 387 g/mol. The van der Waals surface area contributed by atoms with Crippen molar-refractivity contribution in [3.8, 4) is 0 Å². The summed E-state index contributed by atoms with van der Waals surface area (Å²) in [5, 5.41) is 7.27. The molecule has 0 aliphatic heterocycles. The molecule has 0 fully saturated rings. The summed E-state index contributed by atoms with van der Waals surface area (Å²) >= 11 is 7.91. The van der Waals surface area contributed by atoms with E-state index >= 15 is 0 Å². The summed E-state index contributed by atoms with van der Waals surface area (Å²) in [5.41, 5.74) is 3.98. The highest BCUT2D eigenvalue weighted by atomic mass is 35.5. The average Bonchev–Trinajstić information content (AvgIpc) is 3.02. The van der Waals surface area contributed by atoms with Crippen molar-refractivity contribution in [1.29, 1.82) is 0 Å². The van der Waals surface area contributed by atoms with Gasteiger partial charge in [0.25, 0.3) is 5.91 Å². The molecule has 1 amide bonds. The predicted molar refractivity (Wildman–Crippen MR) is 106 cm³/mol. The highest BCUT2D eigenvalue weighted by molar-refractivity contribution is 7.98. The van der Waals surface area contributed by atoms with Gasteiger partial charge in [-0.1, -0.05) is 28.9 Å². The third-order valence-electron chi connectivity index (χ3n) is 3.94. The van der Waals surface area contributed by atoms with Gasteiger partial charge in [0.05, 0.1) is 0 Å². The molecule has 0 radical (unpaired) electrons. The molecule has 3 aromatic rings. The van der Waals surface area contributed by atoms with Gasteiger partial charge in [0.1, 0.15) is 5.76 Å². The molecule has 0 saturated carbocycles. The van der Waals surface area contributed by atoms with Crippen LogP contribution >= 0.6 is 23.4 Å². The van der Waals surface area contributed by atoms with Crippen molar-refractivity contribution < 1.29 is 9.32 Å². The molecule has 0 atom stereocenters. The SMILES string of the molecule is Cc1cc(NC(=O)c2ccc(CSc3cc(C)c(Cl)cc3C)cc2)no1. The molecule has 134 valence electrons. The number of hydrogen-bond donors (Lipinski definition) is 1. The third kappa shape index (κ3) is 4.48. The third-order valence-corrected chi connectivity index (χ3v) is 5.57. The number of amides is 1. The molecule has 0 spiro atoms. The molecule has 2 aromatic carbocycles. The Morgan fingerprint density at radius 1 is 1.12 bits per heavy atom. The van der Waals surface area contributed by atoms with E-state index in [2.05, 4.69) is 23.5 Å². The van der Waals surface area contributed by atoms with Crippen LogP contribution in [-0.4, -0.2) is 11.1 Å². The number of thioether (sulfide) groups is 1. The Morgan fingerprint density at radius 3 is 2.50 bits per heavy atom. The minimum atomic E-state index is -0.207. The second-order valence-electron chi connectivity index (χ2n) is 6.13. The van der Waals surface area contributed by atoms with Gasteiger partial charge in [0.2, 0.25) is 0 Å². The number of carbonyl (C=O) groups is 1. The van der Waals surface area contributed by atoms with E-state index in [1.807, 2.05) is 37.3 Å². The van der Waals surface area contributed by atoms with Crippen LogP contribution in [0, 0.1) is 20.8 Å². The van der Waals surface area contributed by atoms with Crippen molar-refractivity contribution in [2.24, 2.45) is 0 Å². The lowest BCUT2D eigenvalue weighted by Gasteiger charge is -2.09. The van der Waals surface area contributed by atoms with Crippen molar-refractivity contribution in [1.82, 2.24) is 5.16 Å². The van der Waals surface area contributed by atoms with E-state index < -0.39 is 0 Å². The van der Waals surface area contributed by atoms with Crippen molar-refractivity contribution >= 4 is 35.1 Å². The van der Waals surface area contributed by atoms with Crippen molar-refractivity contribution in [2.45, 2.75) is 31.4 Å². The first-order valence-corrected chi connectivity index (χ1v) is 9.52. The largest absolute Gasteiger partial charge is 0.360 e. The van der Waals surface area contributed by atoms with Crippen LogP contribution in [0.25, 0.3) is 0 Å². The Hall–Kier alpha value is -2.24. The summed E-state index contributed by atoms with van der Waals surface area (Å²) in [4.78, 5) is 13.4. The van der Waals surface area contributed by atoms with Gasteiger partial charge in [-0.05, 0) is 61.7 Å². The summed E-state index contributed by atoms with van der Waals surface area (Å²) in [5.74, 6) is 1.69. The van der Waals surface area contributed by atoms with Crippen molar-refractivity contribution in [3.05, 3.63) is 75.5 Å². The first-order chi connectivity index (χ1) is 12.4. The fraction of sp³-hybridized carbons (Fsp3) is 0.200. The molecule has 1 aromatic heterocycles. The lowest BCUT2D eigenvalue weighted by atomic mass is 10.1. The summed E-state index contributed by atoms with van der Waals surface area (Å²) in [6.07, 6.45) is 0. The van der Waals surface area contributed by atoms with Crippen LogP contribution in [0.1, 0.15) is 32.8 Å². The fourth-order valence-corrected chi connectivity index (χ4v) is 3.72. The van der Waals surface area contributed by atoms with Gasteiger partial charge in [-0.25, -0.2) is 0 Å². The molecule has 1 N–H and O–H groups in total. The van der Waals surface area contributed by atoms with E-state index in [0.29, 0.717) is 17.1 Å². The molecule has 26 heavy (non-hydrogen) atoms. The van der Waals surface area contributed by atoms with E-state index in [4.69, 9.17) is 16.1 Å². The molecular formula is C20H19ClN2O2S. The zero-order valence-corrected chi connectivity index (χ0v) is 16.4. The summed E-state index contributed by atoms with van der Waals surface area (Å²) in [7, 11) is 0. The van der Waals surface area contributed by atoms with Gasteiger partial charge in [-0.3, -0.25) is 4.79 Å². The summed E-state index contributed by atoms with van der Waals surface area (Å²) < 4.78 is 4.94. The number of nitrogens with zero attached hydrogens (tertiary/aromatic N) is 1. The number of aryl methyl sites for hydroxylation is 3. The van der Waals surface area contributed by atoms with Crippen LogP contribution < -0.4 is 5.32 Å². The Kier molecular flexibility index (Phi) is 5.69. The Morgan fingerprint density at radius 2 is 1.85 bits per heavy atom. The Balaban J connectivity index is 1.62. The number of anilines is 1. The van der Waals surface area contributed by atoms with Crippen molar-refractivity contribution in [2.75, 3.05) is 5.32 Å². The molecule has 0 unspecified atom stereocenters. The number of carbonyl (C=O) groups excluding carboxylic acids is 1. The second kappa shape index (κ2) is 7.98. The highest BCUT2D eigenvalue weighted by Crippen LogP contribution is 2.30.